The number of rotatable bonds is 7. The molecule has 0 saturated heterocycles. The van der Waals surface area contributed by atoms with Crippen molar-refractivity contribution in [2.45, 2.75) is 13.2 Å². The molecule has 0 aliphatic carbocycles. The molecule has 0 atom stereocenters. The number of para-hydroxylation sites is 1. The van der Waals surface area contributed by atoms with Crippen LogP contribution in [-0.2, 0) is 6.54 Å². The minimum atomic E-state index is -2.78. The van der Waals surface area contributed by atoms with Gasteiger partial charge in [-0.2, -0.15) is 8.78 Å². The molecule has 1 aromatic carbocycles. The highest BCUT2D eigenvalue weighted by molar-refractivity contribution is 5.33. The van der Waals surface area contributed by atoms with Crippen molar-refractivity contribution in [1.82, 2.24) is 10.2 Å². The van der Waals surface area contributed by atoms with E-state index in [4.69, 9.17) is 0 Å². The Morgan fingerprint density at radius 1 is 1.29 bits per heavy atom. The first-order chi connectivity index (χ1) is 8.09. The quantitative estimate of drug-likeness (QED) is 0.742. The van der Waals surface area contributed by atoms with Gasteiger partial charge in [0.05, 0.1) is 0 Å². The topological polar surface area (TPSA) is 24.5 Å². The molecule has 0 heterocycles. The van der Waals surface area contributed by atoms with Gasteiger partial charge in [-0.05, 0) is 20.2 Å². The fraction of sp³-hybridized carbons (Fsp3) is 0.500. The molecule has 5 heteroatoms. The van der Waals surface area contributed by atoms with Crippen LogP contribution in [0.5, 0.6) is 5.75 Å². The predicted octanol–water partition coefficient (Wildman–Crippen LogP) is 1.94. The Bertz CT molecular complexity index is 332. The van der Waals surface area contributed by atoms with E-state index in [1.807, 2.05) is 14.1 Å². The molecule has 0 aliphatic heterocycles. The van der Waals surface area contributed by atoms with Gasteiger partial charge in [0, 0.05) is 25.2 Å². The van der Waals surface area contributed by atoms with Crippen LogP contribution in [0.1, 0.15) is 5.56 Å². The molecular formula is C12H18F2N2O. The van der Waals surface area contributed by atoms with E-state index in [9.17, 15) is 8.78 Å². The molecule has 1 aromatic rings. The number of nitrogens with one attached hydrogen (secondary N) is 1. The molecular weight excluding hydrogens is 226 g/mol. The van der Waals surface area contributed by atoms with Gasteiger partial charge in [0.15, 0.2) is 0 Å². The lowest BCUT2D eigenvalue weighted by Gasteiger charge is -2.13. The number of hydrogen-bond donors (Lipinski definition) is 1. The van der Waals surface area contributed by atoms with E-state index < -0.39 is 6.61 Å². The molecule has 0 saturated carbocycles. The second-order valence-electron chi connectivity index (χ2n) is 3.97. The summed E-state index contributed by atoms with van der Waals surface area (Å²) in [5.74, 6) is 0.236. The van der Waals surface area contributed by atoms with E-state index in [2.05, 4.69) is 15.0 Å². The maximum Gasteiger partial charge on any atom is 0.387 e. The van der Waals surface area contributed by atoms with Crippen LogP contribution in [0.2, 0.25) is 0 Å². The SMILES string of the molecule is CN(C)CCNCc1ccccc1OC(F)F. The van der Waals surface area contributed by atoms with Crippen molar-refractivity contribution >= 4 is 0 Å². The van der Waals surface area contributed by atoms with Gasteiger partial charge in [-0.1, -0.05) is 18.2 Å². The predicted molar refractivity (Wildman–Crippen MR) is 63.3 cm³/mol. The normalized spacial score (nSPS) is 11.2. The van der Waals surface area contributed by atoms with Gasteiger partial charge in [0.2, 0.25) is 0 Å². The monoisotopic (exact) mass is 244 g/mol. The third kappa shape index (κ3) is 5.60. The van der Waals surface area contributed by atoms with E-state index in [0.29, 0.717) is 6.54 Å². The van der Waals surface area contributed by atoms with Crippen molar-refractivity contribution < 1.29 is 13.5 Å². The maximum absolute atomic E-state index is 12.1. The smallest absolute Gasteiger partial charge is 0.387 e. The van der Waals surface area contributed by atoms with Gasteiger partial charge in [0.1, 0.15) is 5.75 Å². The zero-order valence-electron chi connectivity index (χ0n) is 10.1. The summed E-state index contributed by atoms with van der Waals surface area (Å²) in [6.45, 7) is -0.553. The van der Waals surface area contributed by atoms with Crippen LogP contribution in [0.3, 0.4) is 0 Å². The summed E-state index contributed by atoms with van der Waals surface area (Å²) in [4.78, 5) is 2.05. The minimum absolute atomic E-state index is 0.236. The molecule has 17 heavy (non-hydrogen) atoms. The van der Waals surface area contributed by atoms with Crippen molar-refractivity contribution in [3.63, 3.8) is 0 Å². The number of alkyl halides is 2. The van der Waals surface area contributed by atoms with Crippen LogP contribution < -0.4 is 10.1 Å². The summed E-state index contributed by atoms with van der Waals surface area (Å²) < 4.78 is 28.7. The molecule has 1 rings (SSSR count). The first kappa shape index (κ1) is 13.9. The fourth-order valence-corrected chi connectivity index (χ4v) is 1.39. The Morgan fingerprint density at radius 3 is 2.65 bits per heavy atom. The molecule has 0 bridgehead atoms. The minimum Gasteiger partial charge on any atom is -0.434 e. The van der Waals surface area contributed by atoms with Crippen LogP contribution in [0, 0.1) is 0 Å². The molecule has 0 spiro atoms. The number of benzene rings is 1. The number of ether oxygens (including phenoxy) is 1. The summed E-state index contributed by atoms with van der Waals surface area (Å²) in [6.07, 6.45) is 0. The maximum atomic E-state index is 12.1. The Labute approximate surface area is 100 Å². The molecule has 0 fully saturated rings. The third-order valence-corrected chi connectivity index (χ3v) is 2.24. The Balaban J connectivity index is 2.46. The molecule has 0 aliphatic rings. The van der Waals surface area contributed by atoms with Gasteiger partial charge in [-0.25, -0.2) is 0 Å². The fourth-order valence-electron chi connectivity index (χ4n) is 1.39. The van der Waals surface area contributed by atoms with Crippen LogP contribution >= 0.6 is 0 Å². The lowest BCUT2D eigenvalue weighted by atomic mass is 10.2. The third-order valence-electron chi connectivity index (χ3n) is 2.24. The molecule has 96 valence electrons. The summed E-state index contributed by atoms with van der Waals surface area (Å²) in [5, 5.41) is 3.18. The first-order valence-electron chi connectivity index (χ1n) is 5.47. The summed E-state index contributed by atoms with van der Waals surface area (Å²) >= 11 is 0. The largest absolute Gasteiger partial charge is 0.434 e. The van der Waals surface area contributed by atoms with Gasteiger partial charge in [-0.15, -0.1) is 0 Å². The zero-order valence-corrected chi connectivity index (χ0v) is 10.1. The van der Waals surface area contributed by atoms with Crippen LogP contribution in [0.4, 0.5) is 8.78 Å². The summed E-state index contributed by atoms with van der Waals surface area (Å²) in [6, 6.07) is 6.82. The van der Waals surface area contributed by atoms with Gasteiger partial charge in [0.25, 0.3) is 0 Å². The lowest BCUT2D eigenvalue weighted by molar-refractivity contribution is -0.0504. The van der Waals surface area contributed by atoms with Crippen LogP contribution in [-0.4, -0.2) is 38.7 Å². The standard InChI is InChI=1S/C12H18F2N2O/c1-16(2)8-7-15-9-10-5-3-4-6-11(10)17-12(13)14/h3-6,12,15H,7-9H2,1-2H3. The molecule has 0 radical (unpaired) electrons. The van der Waals surface area contributed by atoms with Gasteiger partial charge in [-0.3, -0.25) is 0 Å². The molecule has 0 unspecified atom stereocenters. The van der Waals surface area contributed by atoms with E-state index >= 15 is 0 Å². The molecule has 0 aromatic heterocycles. The van der Waals surface area contributed by atoms with Crippen molar-refractivity contribution in [3.05, 3.63) is 29.8 Å². The van der Waals surface area contributed by atoms with Crippen LogP contribution in [0.25, 0.3) is 0 Å². The van der Waals surface area contributed by atoms with Gasteiger partial charge < -0.3 is 15.0 Å². The zero-order chi connectivity index (χ0) is 12.7. The van der Waals surface area contributed by atoms with E-state index in [-0.39, 0.29) is 5.75 Å². The highest BCUT2D eigenvalue weighted by Crippen LogP contribution is 2.19. The number of halogens is 2. The average molecular weight is 244 g/mol. The highest BCUT2D eigenvalue weighted by Gasteiger charge is 2.08. The Morgan fingerprint density at radius 2 is 2.00 bits per heavy atom. The number of hydrogen-bond acceptors (Lipinski definition) is 3. The van der Waals surface area contributed by atoms with Crippen molar-refractivity contribution in [3.8, 4) is 5.75 Å². The Kier molecular flexibility index (Phi) is 5.86. The molecule has 0 amide bonds. The van der Waals surface area contributed by atoms with Crippen molar-refractivity contribution in [1.29, 1.82) is 0 Å². The Hall–Kier alpha value is -1.20. The van der Waals surface area contributed by atoms with Crippen molar-refractivity contribution in [2.24, 2.45) is 0 Å². The first-order valence-corrected chi connectivity index (χ1v) is 5.47. The summed E-state index contributed by atoms with van der Waals surface area (Å²) in [7, 11) is 3.96. The van der Waals surface area contributed by atoms with Crippen LogP contribution in [0.15, 0.2) is 24.3 Å². The highest BCUT2D eigenvalue weighted by atomic mass is 19.3. The van der Waals surface area contributed by atoms with E-state index in [0.717, 1.165) is 18.7 Å². The second kappa shape index (κ2) is 7.19. The lowest BCUT2D eigenvalue weighted by Crippen LogP contribution is -2.26. The second-order valence-corrected chi connectivity index (χ2v) is 3.97. The van der Waals surface area contributed by atoms with E-state index in [1.165, 1.54) is 0 Å². The van der Waals surface area contributed by atoms with Gasteiger partial charge >= 0.3 is 6.61 Å². The number of nitrogens with zero attached hydrogens (tertiary/aromatic N) is 1. The van der Waals surface area contributed by atoms with E-state index in [1.54, 1.807) is 24.3 Å². The summed E-state index contributed by atoms with van der Waals surface area (Å²) in [5.41, 5.74) is 0.742. The average Bonchev–Trinajstić information content (AvgIpc) is 2.25. The van der Waals surface area contributed by atoms with Crippen molar-refractivity contribution in [2.75, 3.05) is 27.2 Å². The molecule has 1 N–H and O–H groups in total. The number of likely N-dealkylation sites (N-methyl/N-ethyl adjacent to an activating group) is 1. The molecule has 3 nitrogen and oxygen atoms in total.